The number of nitrogens with one attached hydrogen (secondary N) is 1. The van der Waals surface area contributed by atoms with Crippen molar-refractivity contribution in [2.45, 2.75) is 32.9 Å². The second-order valence-electron chi connectivity index (χ2n) is 5.97. The fraction of sp³-hybridized carbons (Fsp3) is 0.467. The largest absolute Gasteiger partial charge is 0.370 e. The molecule has 0 unspecified atom stereocenters. The first-order chi connectivity index (χ1) is 9.19. The van der Waals surface area contributed by atoms with E-state index >= 15 is 0 Å². The van der Waals surface area contributed by atoms with Gasteiger partial charge in [-0.25, -0.2) is 4.99 Å². The third-order valence-electron chi connectivity index (χ3n) is 2.54. The molecule has 20 heavy (non-hydrogen) atoms. The fourth-order valence-electron chi connectivity index (χ4n) is 1.61. The Labute approximate surface area is 120 Å². The van der Waals surface area contributed by atoms with E-state index in [0.29, 0.717) is 18.1 Å². The van der Waals surface area contributed by atoms with Gasteiger partial charge >= 0.3 is 0 Å². The maximum Gasteiger partial charge on any atom is 0.253 e. The van der Waals surface area contributed by atoms with Crippen LogP contribution in [0.4, 0.5) is 0 Å². The van der Waals surface area contributed by atoms with Gasteiger partial charge < -0.3 is 16.0 Å². The SMILES string of the molecule is CN(C)C(=O)c1ccc(CN=C(N)NC(C)(C)C)cc1. The molecule has 0 radical (unpaired) electrons. The van der Waals surface area contributed by atoms with Gasteiger partial charge in [0.2, 0.25) is 0 Å². The van der Waals surface area contributed by atoms with Crippen molar-refractivity contribution < 1.29 is 4.79 Å². The van der Waals surface area contributed by atoms with Crippen LogP contribution in [-0.4, -0.2) is 36.4 Å². The van der Waals surface area contributed by atoms with Gasteiger partial charge in [-0.05, 0) is 38.5 Å². The normalized spacial score (nSPS) is 12.2. The number of hydrogen-bond donors (Lipinski definition) is 2. The number of amides is 1. The number of benzene rings is 1. The first-order valence-corrected chi connectivity index (χ1v) is 6.58. The second kappa shape index (κ2) is 6.41. The van der Waals surface area contributed by atoms with Crippen molar-refractivity contribution in [2.75, 3.05) is 14.1 Å². The van der Waals surface area contributed by atoms with Gasteiger partial charge in [-0.3, -0.25) is 4.79 Å². The van der Waals surface area contributed by atoms with E-state index in [1.54, 1.807) is 31.1 Å². The Balaban J connectivity index is 2.67. The predicted octanol–water partition coefficient (Wildman–Crippen LogP) is 1.59. The maximum absolute atomic E-state index is 11.7. The second-order valence-corrected chi connectivity index (χ2v) is 5.97. The van der Waals surface area contributed by atoms with Gasteiger partial charge in [-0.15, -0.1) is 0 Å². The monoisotopic (exact) mass is 276 g/mol. The van der Waals surface area contributed by atoms with Gasteiger partial charge in [-0.2, -0.15) is 0 Å². The van der Waals surface area contributed by atoms with E-state index < -0.39 is 0 Å². The third-order valence-corrected chi connectivity index (χ3v) is 2.54. The zero-order valence-electron chi connectivity index (χ0n) is 12.9. The molecule has 5 heteroatoms. The van der Waals surface area contributed by atoms with E-state index in [4.69, 9.17) is 5.73 Å². The number of rotatable bonds is 3. The van der Waals surface area contributed by atoms with Crippen molar-refractivity contribution >= 4 is 11.9 Å². The zero-order valence-corrected chi connectivity index (χ0v) is 12.9. The molecule has 0 spiro atoms. The molecular formula is C15H24N4O. The fourth-order valence-corrected chi connectivity index (χ4v) is 1.61. The molecule has 3 N–H and O–H groups in total. The van der Waals surface area contributed by atoms with Crippen LogP contribution < -0.4 is 11.1 Å². The van der Waals surface area contributed by atoms with Crippen LogP contribution in [0, 0.1) is 0 Å². The Morgan fingerprint density at radius 3 is 2.25 bits per heavy atom. The number of nitrogens with zero attached hydrogens (tertiary/aromatic N) is 2. The van der Waals surface area contributed by atoms with Crippen LogP contribution >= 0.6 is 0 Å². The molecule has 0 aliphatic heterocycles. The standard InChI is InChI=1S/C15H24N4O/c1-15(2,3)18-14(16)17-10-11-6-8-12(9-7-11)13(20)19(4)5/h6-9H,10H2,1-5H3,(H3,16,17,18). The molecule has 0 heterocycles. The molecule has 0 saturated heterocycles. The highest BCUT2D eigenvalue weighted by atomic mass is 16.2. The van der Waals surface area contributed by atoms with Crippen LogP contribution in [0.1, 0.15) is 36.7 Å². The minimum Gasteiger partial charge on any atom is -0.370 e. The number of carbonyl (C=O) groups excluding carboxylic acids is 1. The van der Waals surface area contributed by atoms with Crippen molar-refractivity contribution in [2.24, 2.45) is 10.7 Å². The average molecular weight is 276 g/mol. The predicted molar refractivity (Wildman–Crippen MR) is 82.7 cm³/mol. The third kappa shape index (κ3) is 5.30. The van der Waals surface area contributed by atoms with Crippen molar-refractivity contribution in [3.8, 4) is 0 Å². The van der Waals surface area contributed by atoms with E-state index in [-0.39, 0.29) is 11.4 Å². The van der Waals surface area contributed by atoms with Gasteiger partial charge in [0.25, 0.3) is 5.91 Å². The first kappa shape index (κ1) is 16.0. The van der Waals surface area contributed by atoms with Crippen LogP contribution in [0.2, 0.25) is 0 Å². The molecule has 0 aliphatic carbocycles. The molecule has 110 valence electrons. The smallest absolute Gasteiger partial charge is 0.253 e. The highest BCUT2D eigenvalue weighted by Gasteiger charge is 2.10. The van der Waals surface area contributed by atoms with Gasteiger partial charge in [0.1, 0.15) is 0 Å². The minimum atomic E-state index is -0.102. The van der Waals surface area contributed by atoms with E-state index in [9.17, 15) is 4.79 Å². The van der Waals surface area contributed by atoms with Crippen LogP contribution in [0.25, 0.3) is 0 Å². The summed E-state index contributed by atoms with van der Waals surface area (Å²) in [5.41, 5.74) is 7.38. The Bertz CT molecular complexity index is 484. The molecule has 0 fully saturated rings. The average Bonchev–Trinajstić information content (AvgIpc) is 2.34. The highest BCUT2D eigenvalue weighted by Crippen LogP contribution is 2.07. The Hall–Kier alpha value is -2.04. The van der Waals surface area contributed by atoms with Gasteiger partial charge in [0.05, 0.1) is 6.54 Å². The molecule has 0 saturated carbocycles. The van der Waals surface area contributed by atoms with Crippen molar-refractivity contribution in [3.63, 3.8) is 0 Å². The molecule has 1 aromatic rings. The summed E-state index contributed by atoms with van der Waals surface area (Å²) in [7, 11) is 3.47. The lowest BCUT2D eigenvalue weighted by Crippen LogP contribution is -2.44. The summed E-state index contributed by atoms with van der Waals surface area (Å²) in [6.07, 6.45) is 0. The lowest BCUT2D eigenvalue weighted by molar-refractivity contribution is 0.0827. The summed E-state index contributed by atoms with van der Waals surface area (Å²) in [6.45, 7) is 6.57. The van der Waals surface area contributed by atoms with Gasteiger partial charge in [-0.1, -0.05) is 12.1 Å². The summed E-state index contributed by atoms with van der Waals surface area (Å²) in [5, 5.41) is 3.10. The molecule has 1 aromatic carbocycles. The number of aliphatic imine (C=N–C) groups is 1. The Morgan fingerprint density at radius 1 is 1.25 bits per heavy atom. The van der Waals surface area contributed by atoms with Gasteiger partial charge in [0.15, 0.2) is 5.96 Å². The maximum atomic E-state index is 11.7. The molecule has 0 bridgehead atoms. The quantitative estimate of drug-likeness (QED) is 0.650. The summed E-state index contributed by atoms with van der Waals surface area (Å²) < 4.78 is 0. The summed E-state index contributed by atoms with van der Waals surface area (Å²) >= 11 is 0. The highest BCUT2D eigenvalue weighted by molar-refractivity contribution is 5.93. The lowest BCUT2D eigenvalue weighted by atomic mass is 10.1. The number of carbonyl (C=O) groups is 1. The lowest BCUT2D eigenvalue weighted by Gasteiger charge is -2.21. The van der Waals surface area contributed by atoms with E-state index in [2.05, 4.69) is 10.3 Å². The minimum absolute atomic E-state index is 0.00559. The molecule has 5 nitrogen and oxygen atoms in total. The van der Waals surface area contributed by atoms with Crippen molar-refractivity contribution in [1.29, 1.82) is 0 Å². The molecule has 0 aliphatic rings. The van der Waals surface area contributed by atoms with Crippen molar-refractivity contribution in [1.82, 2.24) is 10.2 Å². The first-order valence-electron chi connectivity index (χ1n) is 6.58. The number of hydrogen-bond acceptors (Lipinski definition) is 2. The Kier molecular flexibility index (Phi) is 5.13. The Morgan fingerprint density at radius 2 is 1.80 bits per heavy atom. The molecule has 1 amide bonds. The summed E-state index contributed by atoms with van der Waals surface area (Å²) in [6, 6.07) is 7.40. The summed E-state index contributed by atoms with van der Waals surface area (Å²) in [4.78, 5) is 17.6. The van der Waals surface area contributed by atoms with Crippen LogP contribution in [-0.2, 0) is 6.54 Å². The molecule has 0 atom stereocenters. The zero-order chi connectivity index (χ0) is 15.3. The van der Waals surface area contributed by atoms with E-state index in [1.807, 2.05) is 32.9 Å². The van der Waals surface area contributed by atoms with E-state index in [1.165, 1.54) is 0 Å². The number of guanidine groups is 1. The molecule has 1 rings (SSSR count). The van der Waals surface area contributed by atoms with Crippen LogP contribution in [0.5, 0.6) is 0 Å². The van der Waals surface area contributed by atoms with Crippen LogP contribution in [0.3, 0.4) is 0 Å². The van der Waals surface area contributed by atoms with Gasteiger partial charge in [0, 0.05) is 25.2 Å². The number of nitrogens with two attached hydrogens (primary N) is 1. The molecule has 0 aromatic heterocycles. The topological polar surface area (TPSA) is 70.7 Å². The van der Waals surface area contributed by atoms with E-state index in [0.717, 1.165) is 5.56 Å². The summed E-state index contributed by atoms with van der Waals surface area (Å²) in [5.74, 6) is 0.417. The van der Waals surface area contributed by atoms with Crippen LogP contribution in [0.15, 0.2) is 29.3 Å². The van der Waals surface area contributed by atoms with Crippen molar-refractivity contribution in [3.05, 3.63) is 35.4 Å². The molecular weight excluding hydrogens is 252 g/mol.